The lowest BCUT2D eigenvalue weighted by Crippen LogP contribution is -2.51. The van der Waals surface area contributed by atoms with Gasteiger partial charge >= 0.3 is 18.0 Å². The van der Waals surface area contributed by atoms with Gasteiger partial charge in [0.2, 0.25) is 0 Å². The van der Waals surface area contributed by atoms with Crippen molar-refractivity contribution in [2.45, 2.75) is 37.8 Å². The van der Waals surface area contributed by atoms with Crippen molar-refractivity contribution in [1.82, 2.24) is 10.6 Å². The van der Waals surface area contributed by atoms with Gasteiger partial charge in [-0.15, -0.1) is 6.58 Å². The Balaban J connectivity index is 4.40. The van der Waals surface area contributed by atoms with Crippen LogP contribution in [0.4, 0.5) is 4.79 Å². The van der Waals surface area contributed by atoms with Crippen molar-refractivity contribution in [3.63, 3.8) is 0 Å². The fourth-order valence-corrected chi connectivity index (χ4v) is 1.50. The van der Waals surface area contributed by atoms with Gasteiger partial charge in [-0.2, -0.15) is 0 Å². The van der Waals surface area contributed by atoms with E-state index in [1.165, 1.54) is 6.08 Å². The zero-order valence-electron chi connectivity index (χ0n) is 11.2. The second-order valence-electron chi connectivity index (χ2n) is 4.21. The Labute approximate surface area is 117 Å². The smallest absolute Gasteiger partial charge is 0.326 e. The minimum Gasteiger partial charge on any atom is -0.480 e. The maximum absolute atomic E-state index is 11.6. The number of amides is 2. The molecule has 0 bridgehead atoms. The van der Waals surface area contributed by atoms with Crippen molar-refractivity contribution in [3.8, 4) is 0 Å². The van der Waals surface area contributed by atoms with Gasteiger partial charge in [0.25, 0.3) is 0 Å². The van der Waals surface area contributed by atoms with E-state index < -0.39 is 30.1 Å². The number of rotatable bonds is 10. The first kappa shape index (κ1) is 17.9. The highest BCUT2D eigenvalue weighted by atomic mass is 16.4. The molecule has 0 heterocycles. The van der Waals surface area contributed by atoms with Crippen LogP contribution in [0.15, 0.2) is 12.7 Å². The van der Waals surface area contributed by atoms with Crippen molar-refractivity contribution in [1.29, 1.82) is 0 Å². The fourth-order valence-electron chi connectivity index (χ4n) is 1.50. The second-order valence-corrected chi connectivity index (χ2v) is 4.21. The number of hydrogen-bond donors (Lipinski definition) is 5. The van der Waals surface area contributed by atoms with Crippen molar-refractivity contribution in [3.05, 3.63) is 12.7 Å². The van der Waals surface area contributed by atoms with Gasteiger partial charge in [0.15, 0.2) is 0 Å². The lowest BCUT2D eigenvalue weighted by molar-refractivity contribution is -0.139. The molecule has 114 valence electrons. The summed E-state index contributed by atoms with van der Waals surface area (Å²) >= 11 is 0. The highest BCUT2D eigenvalue weighted by Gasteiger charge is 2.23. The van der Waals surface area contributed by atoms with Crippen LogP contribution < -0.4 is 16.4 Å². The minimum absolute atomic E-state index is 0.0493. The van der Waals surface area contributed by atoms with E-state index in [1.54, 1.807) is 0 Å². The summed E-state index contributed by atoms with van der Waals surface area (Å²) in [5.41, 5.74) is 5.30. The average molecular weight is 287 g/mol. The number of nitrogens with two attached hydrogens (primary N) is 1. The van der Waals surface area contributed by atoms with E-state index in [4.69, 9.17) is 15.9 Å². The molecule has 20 heavy (non-hydrogen) atoms. The molecule has 6 N–H and O–H groups in total. The number of urea groups is 1. The normalized spacial score (nSPS) is 13.1. The molecule has 0 aromatic carbocycles. The highest BCUT2D eigenvalue weighted by Crippen LogP contribution is 2.01. The molecule has 0 saturated carbocycles. The molecule has 0 aliphatic rings. The molecule has 8 heteroatoms. The topological polar surface area (TPSA) is 142 Å². The third-order valence-electron chi connectivity index (χ3n) is 2.56. The van der Waals surface area contributed by atoms with Crippen LogP contribution in [0.3, 0.4) is 0 Å². The quantitative estimate of drug-likeness (QED) is 0.280. The molecule has 0 aliphatic heterocycles. The molecule has 0 radical (unpaired) electrons. The predicted molar refractivity (Wildman–Crippen MR) is 72.2 cm³/mol. The predicted octanol–water partition coefficient (Wildman–Crippen LogP) is -0.103. The van der Waals surface area contributed by atoms with Gasteiger partial charge in [0.1, 0.15) is 12.1 Å². The molecule has 2 amide bonds. The number of carbonyl (C=O) groups excluding carboxylic acids is 1. The molecule has 0 spiro atoms. The Morgan fingerprint density at radius 1 is 1.10 bits per heavy atom. The average Bonchev–Trinajstić information content (AvgIpc) is 2.37. The Bertz CT molecular complexity index is 359. The van der Waals surface area contributed by atoms with Crippen LogP contribution >= 0.6 is 0 Å². The molecule has 2 atom stereocenters. The van der Waals surface area contributed by atoms with Gasteiger partial charge in [-0.05, 0) is 32.2 Å². The molecule has 0 aliphatic carbocycles. The Morgan fingerprint density at radius 3 is 2.10 bits per heavy atom. The van der Waals surface area contributed by atoms with E-state index in [2.05, 4.69) is 17.2 Å². The molecular formula is C12H21N3O5. The van der Waals surface area contributed by atoms with Crippen molar-refractivity contribution < 1.29 is 24.6 Å². The van der Waals surface area contributed by atoms with Gasteiger partial charge < -0.3 is 26.6 Å². The van der Waals surface area contributed by atoms with Crippen molar-refractivity contribution in [2.75, 3.05) is 6.54 Å². The number of carbonyl (C=O) groups is 3. The Kier molecular flexibility index (Phi) is 8.77. The summed E-state index contributed by atoms with van der Waals surface area (Å²) in [7, 11) is 0. The third kappa shape index (κ3) is 7.37. The van der Waals surface area contributed by atoms with Crippen molar-refractivity contribution >= 4 is 18.0 Å². The maximum atomic E-state index is 11.6. The van der Waals surface area contributed by atoms with Crippen molar-refractivity contribution in [2.24, 2.45) is 5.73 Å². The van der Waals surface area contributed by atoms with E-state index in [-0.39, 0.29) is 12.8 Å². The van der Waals surface area contributed by atoms with Crippen LogP contribution in [0, 0.1) is 0 Å². The summed E-state index contributed by atoms with van der Waals surface area (Å²) in [5.74, 6) is -2.39. The zero-order valence-corrected chi connectivity index (χ0v) is 11.2. The number of nitrogens with one attached hydrogen (secondary N) is 2. The van der Waals surface area contributed by atoms with Crippen LogP contribution in [0.2, 0.25) is 0 Å². The SMILES string of the molecule is C=CC[C@H](NC(=O)N[C@@H](CCCCN)C(=O)O)C(=O)O. The monoisotopic (exact) mass is 287 g/mol. The zero-order chi connectivity index (χ0) is 15.5. The summed E-state index contributed by atoms with van der Waals surface area (Å²) in [5, 5.41) is 22.2. The summed E-state index contributed by atoms with van der Waals surface area (Å²) in [6, 6.07) is -3.04. The first-order chi connectivity index (χ1) is 9.42. The number of carboxylic acid groups (broad SMARTS) is 2. The molecule has 0 aromatic heterocycles. The summed E-state index contributed by atoms with van der Waals surface area (Å²) < 4.78 is 0. The lowest BCUT2D eigenvalue weighted by atomic mass is 10.1. The largest absolute Gasteiger partial charge is 0.480 e. The number of hydrogen-bond acceptors (Lipinski definition) is 4. The van der Waals surface area contributed by atoms with Gasteiger partial charge in [-0.3, -0.25) is 0 Å². The van der Waals surface area contributed by atoms with E-state index in [9.17, 15) is 14.4 Å². The Morgan fingerprint density at radius 2 is 1.65 bits per heavy atom. The van der Waals surface area contributed by atoms with Gasteiger partial charge in [0.05, 0.1) is 0 Å². The molecule has 0 saturated heterocycles. The third-order valence-corrected chi connectivity index (χ3v) is 2.56. The first-order valence-electron chi connectivity index (χ1n) is 6.26. The summed E-state index contributed by atoms with van der Waals surface area (Å²) in [6.45, 7) is 3.83. The van der Waals surface area contributed by atoms with E-state index in [1.807, 2.05) is 0 Å². The van der Waals surface area contributed by atoms with E-state index >= 15 is 0 Å². The Hall–Kier alpha value is -2.09. The summed E-state index contributed by atoms with van der Waals surface area (Å²) in [6.07, 6.45) is 2.85. The van der Waals surface area contributed by atoms with Gasteiger partial charge in [-0.25, -0.2) is 14.4 Å². The van der Waals surface area contributed by atoms with E-state index in [0.29, 0.717) is 19.4 Å². The maximum Gasteiger partial charge on any atom is 0.326 e. The highest BCUT2D eigenvalue weighted by molar-refractivity contribution is 5.86. The number of unbranched alkanes of at least 4 members (excludes halogenated alkanes) is 1. The lowest BCUT2D eigenvalue weighted by Gasteiger charge is -2.17. The number of aliphatic carboxylic acids is 2. The molecule has 0 aromatic rings. The van der Waals surface area contributed by atoms with Crippen LogP contribution in [-0.4, -0.2) is 46.8 Å². The van der Waals surface area contributed by atoms with E-state index in [0.717, 1.165) is 0 Å². The van der Waals surface area contributed by atoms with Crippen LogP contribution in [-0.2, 0) is 9.59 Å². The fraction of sp³-hybridized carbons (Fsp3) is 0.583. The molecule has 8 nitrogen and oxygen atoms in total. The van der Waals surface area contributed by atoms with Crippen LogP contribution in [0.1, 0.15) is 25.7 Å². The molecular weight excluding hydrogens is 266 g/mol. The minimum atomic E-state index is -1.21. The standard InChI is InChI=1S/C12H21N3O5/c1-2-5-8(10(16)17)14-12(20)15-9(11(18)19)6-3-4-7-13/h2,8-9H,1,3-7,13H2,(H,16,17)(H,18,19)(H2,14,15,20)/t8-,9-/m0/s1. The van der Waals surface area contributed by atoms with Gasteiger partial charge in [0, 0.05) is 0 Å². The first-order valence-corrected chi connectivity index (χ1v) is 6.26. The second kappa shape index (κ2) is 9.79. The molecule has 0 unspecified atom stereocenters. The molecule has 0 rings (SSSR count). The number of carboxylic acids is 2. The van der Waals surface area contributed by atoms with Gasteiger partial charge in [-0.1, -0.05) is 6.08 Å². The summed E-state index contributed by atoms with van der Waals surface area (Å²) in [4.78, 5) is 33.4. The molecule has 0 fully saturated rings. The van der Waals surface area contributed by atoms with Crippen LogP contribution in [0.25, 0.3) is 0 Å². The van der Waals surface area contributed by atoms with Crippen LogP contribution in [0.5, 0.6) is 0 Å².